The van der Waals surface area contributed by atoms with E-state index in [2.05, 4.69) is 6.92 Å². The van der Waals surface area contributed by atoms with Crippen LogP contribution in [0, 0.1) is 5.41 Å². The van der Waals surface area contributed by atoms with Gasteiger partial charge in [0.15, 0.2) is 0 Å². The summed E-state index contributed by atoms with van der Waals surface area (Å²) in [6.07, 6.45) is 25.8. The van der Waals surface area contributed by atoms with E-state index in [0.29, 0.717) is 6.42 Å². The van der Waals surface area contributed by atoms with Gasteiger partial charge in [-0.1, -0.05) is 143 Å². The Morgan fingerprint density at radius 3 is 1.25 bits per heavy atom. The largest absolute Gasteiger partial charge is 0.480 e. The van der Waals surface area contributed by atoms with Crippen LogP contribution in [0.25, 0.3) is 0 Å². The highest BCUT2D eigenvalue weighted by Crippen LogP contribution is 2.30. The third-order valence-corrected chi connectivity index (χ3v) is 8.16. The molecule has 0 rings (SSSR count). The summed E-state index contributed by atoms with van der Waals surface area (Å²) in [5.74, 6) is -0.881. The van der Waals surface area contributed by atoms with Crippen LogP contribution in [0.2, 0.25) is 0 Å². The summed E-state index contributed by atoms with van der Waals surface area (Å²) in [4.78, 5) is 10.6. The van der Waals surface area contributed by atoms with Crippen molar-refractivity contribution in [2.24, 2.45) is 16.9 Å². The number of carbonyl (C=O) groups is 1. The SMILES string of the molecule is CCC(N)C(C)(C)C(C)(N)O.CCCCCCCCCCCCCCCCCCCCC(Cl)C(=O)O. The smallest absolute Gasteiger partial charge is 0.321 e. The molecule has 5 nitrogen and oxygen atoms in total. The van der Waals surface area contributed by atoms with Crippen molar-refractivity contribution in [1.29, 1.82) is 0 Å². The monoisotopic (exact) mass is 534 g/mol. The van der Waals surface area contributed by atoms with Crippen molar-refractivity contribution in [2.45, 2.75) is 180 Å². The lowest BCUT2D eigenvalue weighted by Gasteiger charge is -2.41. The zero-order chi connectivity index (χ0) is 27.9. The lowest BCUT2D eigenvalue weighted by molar-refractivity contribution is -0.136. The van der Waals surface area contributed by atoms with Crippen LogP contribution in [-0.4, -0.2) is 33.3 Å². The fourth-order valence-electron chi connectivity index (χ4n) is 4.23. The molecule has 0 aliphatic rings. The summed E-state index contributed by atoms with van der Waals surface area (Å²) < 4.78 is 0. The number of carboxylic acids is 1. The second-order valence-electron chi connectivity index (χ2n) is 11.5. The Kier molecular flexibility index (Phi) is 24.9. The van der Waals surface area contributed by atoms with Gasteiger partial charge in [0.05, 0.1) is 0 Å². The maximum absolute atomic E-state index is 10.6. The van der Waals surface area contributed by atoms with E-state index in [-0.39, 0.29) is 6.04 Å². The lowest BCUT2D eigenvalue weighted by Crippen LogP contribution is -2.58. The topological polar surface area (TPSA) is 110 Å². The van der Waals surface area contributed by atoms with Crippen molar-refractivity contribution >= 4 is 17.6 Å². The number of hydrogen-bond donors (Lipinski definition) is 4. The maximum Gasteiger partial charge on any atom is 0.321 e. The lowest BCUT2D eigenvalue weighted by atomic mass is 9.75. The van der Waals surface area contributed by atoms with Crippen molar-refractivity contribution < 1.29 is 15.0 Å². The van der Waals surface area contributed by atoms with Gasteiger partial charge in [0.2, 0.25) is 0 Å². The molecule has 0 bridgehead atoms. The van der Waals surface area contributed by atoms with Crippen molar-refractivity contribution in [2.75, 3.05) is 0 Å². The van der Waals surface area contributed by atoms with Crippen LogP contribution in [0.15, 0.2) is 0 Å². The molecule has 0 saturated carbocycles. The van der Waals surface area contributed by atoms with Gasteiger partial charge in [-0.25, -0.2) is 0 Å². The van der Waals surface area contributed by atoms with Gasteiger partial charge in [0.25, 0.3) is 0 Å². The quantitative estimate of drug-likeness (QED) is 0.0596. The Bertz CT molecular complexity index is 495. The van der Waals surface area contributed by atoms with Crippen LogP contribution >= 0.6 is 11.6 Å². The number of alkyl halides is 1. The molecule has 0 radical (unpaired) electrons. The van der Waals surface area contributed by atoms with Crippen molar-refractivity contribution in [3.05, 3.63) is 0 Å². The summed E-state index contributed by atoms with van der Waals surface area (Å²) in [5.41, 5.74) is 9.71. The molecule has 0 aromatic heterocycles. The highest BCUT2D eigenvalue weighted by atomic mass is 35.5. The first kappa shape index (κ1) is 37.8. The Morgan fingerprint density at radius 2 is 1.03 bits per heavy atom. The summed E-state index contributed by atoms with van der Waals surface area (Å²) >= 11 is 5.69. The Morgan fingerprint density at radius 1 is 0.722 bits per heavy atom. The number of unbranched alkanes of at least 4 members (excludes halogenated alkanes) is 17. The molecule has 3 unspecified atom stereocenters. The molecule has 0 aliphatic heterocycles. The fourth-order valence-corrected chi connectivity index (χ4v) is 4.39. The number of carboxylic acid groups (broad SMARTS) is 1. The fraction of sp³-hybridized carbons (Fsp3) is 0.967. The molecule has 0 heterocycles. The van der Waals surface area contributed by atoms with E-state index < -0.39 is 22.5 Å². The molecule has 0 aromatic rings. The van der Waals surface area contributed by atoms with Gasteiger partial charge >= 0.3 is 5.97 Å². The molecule has 0 aromatic carbocycles. The second-order valence-corrected chi connectivity index (χ2v) is 12.0. The van der Waals surface area contributed by atoms with Crippen LogP contribution in [0.4, 0.5) is 0 Å². The molecule has 218 valence electrons. The van der Waals surface area contributed by atoms with Crippen LogP contribution < -0.4 is 11.5 Å². The third-order valence-electron chi connectivity index (χ3n) is 7.75. The van der Waals surface area contributed by atoms with Crippen LogP contribution in [-0.2, 0) is 4.79 Å². The van der Waals surface area contributed by atoms with Gasteiger partial charge in [0.1, 0.15) is 11.1 Å². The van der Waals surface area contributed by atoms with Crippen molar-refractivity contribution in [3.63, 3.8) is 0 Å². The van der Waals surface area contributed by atoms with E-state index >= 15 is 0 Å². The molecular weight excluding hydrogens is 472 g/mol. The minimum atomic E-state index is -1.21. The molecule has 0 fully saturated rings. The number of halogens is 1. The van der Waals surface area contributed by atoms with E-state index in [1.54, 1.807) is 6.92 Å². The van der Waals surface area contributed by atoms with E-state index in [9.17, 15) is 9.90 Å². The molecular formula is C30H63ClN2O3. The summed E-state index contributed by atoms with van der Waals surface area (Å²) in [7, 11) is 0. The van der Waals surface area contributed by atoms with Crippen LogP contribution in [0.3, 0.4) is 0 Å². The van der Waals surface area contributed by atoms with Gasteiger partial charge < -0.3 is 21.7 Å². The zero-order valence-corrected chi connectivity index (χ0v) is 25.4. The first-order chi connectivity index (χ1) is 16.9. The van der Waals surface area contributed by atoms with Crippen molar-refractivity contribution in [1.82, 2.24) is 0 Å². The van der Waals surface area contributed by atoms with Crippen molar-refractivity contribution in [3.8, 4) is 0 Å². The molecule has 3 atom stereocenters. The highest BCUT2D eigenvalue weighted by Gasteiger charge is 2.40. The number of hydrogen-bond acceptors (Lipinski definition) is 4. The second kappa shape index (κ2) is 23.7. The Hall–Kier alpha value is -0.360. The number of aliphatic carboxylic acids is 1. The Balaban J connectivity index is 0. The molecule has 0 spiro atoms. The molecule has 6 heteroatoms. The molecule has 0 saturated heterocycles. The molecule has 0 amide bonds. The van der Waals surface area contributed by atoms with E-state index in [1.807, 2.05) is 20.8 Å². The molecule has 6 N–H and O–H groups in total. The van der Waals surface area contributed by atoms with Gasteiger partial charge in [-0.15, -0.1) is 11.6 Å². The minimum Gasteiger partial charge on any atom is -0.480 e. The number of rotatable bonds is 23. The van der Waals surface area contributed by atoms with E-state index in [4.69, 9.17) is 28.2 Å². The Labute approximate surface area is 229 Å². The average molecular weight is 535 g/mol. The standard InChI is InChI=1S/C22H43ClO2.C8H20N2O/c1-2-3-4-5-6-7-8-9-10-11-12-13-14-15-16-17-18-19-20-21(23)22(24)25;1-5-6(9)7(2,3)8(4,10)11/h21H,2-20H2,1H3,(H,24,25);6,11H,5,9-10H2,1-4H3. The predicted molar refractivity (Wildman–Crippen MR) is 158 cm³/mol. The van der Waals surface area contributed by atoms with Gasteiger partial charge in [-0.3, -0.25) is 4.79 Å². The van der Waals surface area contributed by atoms with Crippen LogP contribution in [0.5, 0.6) is 0 Å². The zero-order valence-electron chi connectivity index (χ0n) is 24.6. The third kappa shape index (κ3) is 21.7. The average Bonchev–Trinajstić information content (AvgIpc) is 2.82. The summed E-state index contributed by atoms with van der Waals surface area (Å²) in [5, 5.41) is 17.5. The minimum absolute atomic E-state index is 0.0671. The highest BCUT2D eigenvalue weighted by molar-refractivity contribution is 6.29. The summed E-state index contributed by atoms with van der Waals surface area (Å²) in [6, 6.07) is -0.0671. The molecule has 0 aliphatic carbocycles. The van der Waals surface area contributed by atoms with Gasteiger partial charge in [-0.05, 0) is 19.8 Å². The summed E-state index contributed by atoms with van der Waals surface area (Å²) in [6.45, 7) is 9.60. The molecule has 36 heavy (non-hydrogen) atoms. The van der Waals surface area contributed by atoms with E-state index in [1.165, 1.54) is 103 Å². The first-order valence-corrected chi connectivity index (χ1v) is 15.5. The predicted octanol–water partition coefficient (Wildman–Crippen LogP) is 8.53. The van der Waals surface area contributed by atoms with Crippen LogP contribution in [0.1, 0.15) is 163 Å². The normalized spacial score (nSPS) is 15.0. The van der Waals surface area contributed by atoms with E-state index in [0.717, 1.165) is 19.3 Å². The van der Waals surface area contributed by atoms with Gasteiger partial charge in [0, 0.05) is 11.5 Å². The maximum atomic E-state index is 10.6. The van der Waals surface area contributed by atoms with Gasteiger partial charge in [-0.2, -0.15) is 0 Å². The number of nitrogens with two attached hydrogens (primary N) is 2. The number of aliphatic hydroxyl groups is 1. The first-order valence-electron chi connectivity index (χ1n) is 15.0.